The van der Waals surface area contributed by atoms with Gasteiger partial charge >= 0.3 is 0 Å². The SMILES string of the molecule is CCNC(=O)COc1cccc(CNC(=NC)NCCCOc2ccc3ccccc3c2)c1. The summed E-state index contributed by atoms with van der Waals surface area (Å²) in [6.45, 7) is 4.42. The molecule has 0 radical (unpaired) electrons. The Kier molecular flexibility index (Phi) is 9.39. The predicted octanol–water partition coefficient (Wildman–Crippen LogP) is 3.49. The predicted molar refractivity (Wildman–Crippen MR) is 133 cm³/mol. The molecule has 3 rings (SSSR count). The van der Waals surface area contributed by atoms with Crippen LogP contribution < -0.4 is 25.4 Å². The van der Waals surface area contributed by atoms with Crippen LogP contribution in [0.3, 0.4) is 0 Å². The van der Waals surface area contributed by atoms with Crippen molar-refractivity contribution >= 4 is 22.6 Å². The molecular weight excluding hydrogens is 416 g/mol. The van der Waals surface area contributed by atoms with Gasteiger partial charge in [-0.1, -0.05) is 42.5 Å². The van der Waals surface area contributed by atoms with Crippen LogP contribution >= 0.6 is 0 Å². The number of carbonyl (C=O) groups is 1. The molecule has 0 atom stereocenters. The van der Waals surface area contributed by atoms with Crippen LogP contribution in [0.1, 0.15) is 18.9 Å². The maximum atomic E-state index is 11.6. The molecule has 3 aromatic carbocycles. The molecule has 0 saturated carbocycles. The summed E-state index contributed by atoms with van der Waals surface area (Å²) in [5.74, 6) is 2.13. The van der Waals surface area contributed by atoms with Crippen molar-refractivity contribution in [1.29, 1.82) is 0 Å². The number of rotatable bonds is 11. The molecule has 0 spiro atoms. The number of hydrogen-bond donors (Lipinski definition) is 3. The summed E-state index contributed by atoms with van der Waals surface area (Å²) < 4.78 is 11.4. The largest absolute Gasteiger partial charge is 0.494 e. The molecule has 0 aliphatic carbocycles. The van der Waals surface area contributed by atoms with E-state index in [0.29, 0.717) is 31.4 Å². The number of nitrogens with zero attached hydrogens (tertiary/aromatic N) is 1. The number of hydrogen-bond acceptors (Lipinski definition) is 4. The third-order valence-electron chi connectivity index (χ3n) is 4.93. The highest BCUT2D eigenvalue weighted by Gasteiger charge is 2.04. The number of guanidine groups is 1. The quantitative estimate of drug-likeness (QED) is 0.238. The number of ether oxygens (including phenoxy) is 2. The Balaban J connectivity index is 1.36. The summed E-state index contributed by atoms with van der Waals surface area (Å²) in [4.78, 5) is 15.8. The Hall–Kier alpha value is -3.74. The van der Waals surface area contributed by atoms with Crippen molar-refractivity contribution in [2.75, 3.05) is 33.4 Å². The second-order valence-electron chi connectivity index (χ2n) is 7.45. The Labute approximate surface area is 195 Å². The van der Waals surface area contributed by atoms with Gasteiger partial charge in [-0.15, -0.1) is 0 Å². The van der Waals surface area contributed by atoms with Crippen molar-refractivity contribution in [3.05, 3.63) is 72.3 Å². The van der Waals surface area contributed by atoms with Crippen LogP contribution in [-0.4, -0.2) is 45.2 Å². The summed E-state index contributed by atoms with van der Waals surface area (Å²) in [7, 11) is 1.74. The minimum absolute atomic E-state index is 0.00915. The average Bonchev–Trinajstić information content (AvgIpc) is 2.85. The Bertz CT molecular complexity index is 1070. The van der Waals surface area contributed by atoms with Gasteiger partial charge in [-0.25, -0.2) is 0 Å². The van der Waals surface area contributed by atoms with Gasteiger partial charge in [0.05, 0.1) is 6.61 Å². The maximum absolute atomic E-state index is 11.6. The van der Waals surface area contributed by atoms with E-state index in [-0.39, 0.29) is 12.5 Å². The number of aliphatic imine (C=N–C) groups is 1. The lowest BCUT2D eigenvalue weighted by molar-refractivity contribution is -0.122. The summed E-state index contributed by atoms with van der Waals surface area (Å²) in [6.07, 6.45) is 0.844. The first kappa shape index (κ1) is 23.9. The fraction of sp³-hybridized carbons (Fsp3) is 0.308. The van der Waals surface area contributed by atoms with Crippen LogP contribution in [0.15, 0.2) is 71.7 Å². The summed E-state index contributed by atoms with van der Waals surface area (Å²) >= 11 is 0. The molecule has 0 aliphatic heterocycles. The van der Waals surface area contributed by atoms with Crippen molar-refractivity contribution in [2.45, 2.75) is 19.9 Å². The highest BCUT2D eigenvalue weighted by Crippen LogP contribution is 2.20. The molecule has 7 heteroatoms. The lowest BCUT2D eigenvalue weighted by Gasteiger charge is -2.13. The molecular formula is C26H32N4O3. The Morgan fingerprint density at radius 2 is 1.70 bits per heavy atom. The molecule has 33 heavy (non-hydrogen) atoms. The normalized spacial score (nSPS) is 11.2. The Morgan fingerprint density at radius 1 is 0.879 bits per heavy atom. The molecule has 0 aliphatic rings. The zero-order chi connectivity index (χ0) is 23.3. The van der Waals surface area contributed by atoms with Crippen LogP contribution in [0.5, 0.6) is 11.5 Å². The first-order valence-electron chi connectivity index (χ1n) is 11.2. The van der Waals surface area contributed by atoms with E-state index in [9.17, 15) is 4.79 Å². The fourth-order valence-corrected chi connectivity index (χ4v) is 3.27. The van der Waals surface area contributed by atoms with Crippen molar-refractivity contribution < 1.29 is 14.3 Å². The van der Waals surface area contributed by atoms with E-state index in [1.807, 2.05) is 49.4 Å². The van der Waals surface area contributed by atoms with Crippen molar-refractivity contribution in [2.24, 2.45) is 4.99 Å². The topological polar surface area (TPSA) is 84.0 Å². The number of likely N-dealkylation sites (N-methyl/N-ethyl adjacent to an activating group) is 1. The van der Waals surface area contributed by atoms with Crippen LogP contribution in [0.2, 0.25) is 0 Å². The number of nitrogens with one attached hydrogen (secondary N) is 3. The van der Waals surface area contributed by atoms with Gasteiger partial charge in [-0.05, 0) is 53.9 Å². The highest BCUT2D eigenvalue weighted by atomic mass is 16.5. The van der Waals surface area contributed by atoms with E-state index in [2.05, 4.69) is 45.2 Å². The van der Waals surface area contributed by atoms with E-state index >= 15 is 0 Å². The lowest BCUT2D eigenvalue weighted by Crippen LogP contribution is -2.37. The zero-order valence-electron chi connectivity index (χ0n) is 19.3. The van der Waals surface area contributed by atoms with Gasteiger partial charge in [0.2, 0.25) is 0 Å². The number of amides is 1. The third kappa shape index (κ3) is 8.03. The zero-order valence-corrected chi connectivity index (χ0v) is 19.3. The second kappa shape index (κ2) is 13.0. The monoisotopic (exact) mass is 448 g/mol. The van der Waals surface area contributed by atoms with Crippen LogP contribution in [0.4, 0.5) is 0 Å². The standard InChI is InChI=1S/C26H32N4O3/c1-3-28-25(31)19-33-23-11-6-8-20(16-23)18-30-26(27-2)29-14-7-15-32-24-13-12-21-9-4-5-10-22(21)17-24/h4-6,8-13,16-17H,3,7,14-15,18-19H2,1-2H3,(H,28,31)(H2,27,29,30). The van der Waals surface area contributed by atoms with E-state index in [1.54, 1.807) is 7.05 Å². The molecule has 3 aromatic rings. The first-order chi connectivity index (χ1) is 16.2. The van der Waals surface area contributed by atoms with Gasteiger partial charge in [-0.2, -0.15) is 0 Å². The van der Waals surface area contributed by atoms with Crippen LogP contribution in [-0.2, 0) is 11.3 Å². The van der Waals surface area contributed by atoms with Crippen molar-refractivity contribution in [1.82, 2.24) is 16.0 Å². The van der Waals surface area contributed by atoms with Gasteiger partial charge in [-0.3, -0.25) is 9.79 Å². The van der Waals surface area contributed by atoms with Gasteiger partial charge in [0, 0.05) is 26.7 Å². The van der Waals surface area contributed by atoms with Crippen molar-refractivity contribution in [3.63, 3.8) is 0 Å². The van der Waals surface area contributed by atoms with E-state index < -0.39 is 0 Å². The van der Waals surface area contributed by atoms with Gasteiger partial charge in [0.1, 0.15) is 11.5 Å². The van der Waals surface area contributed by atoms with E-state index in [1.165, 1.54) is 10.8 Å². The van der Waals surface area contributed by atoms with Gasteiger partial charge in [0.15, 0.2) is 12.6 Å². The van der Waals surface area contributed by atoms with Gasteiger partial charge in [0.25, 0.3) is 5.91 Å². The summed E-state index contributed by atoms with van der Waals surface area (Å²) in [6, 6.07) is 22.1. The minimum atomic E-state index is -0.129. The Morgan fingerprint density at radius 3 is 2.52 bits per heavy atom. The summed E-state index contributed by atoms with van der Waals surface area (Å²) in [5, 5.41) is 11.7. The van der Waals surface area contributed by atoms with Crippen LogP contribution in [0, 0.1) is 0 Å². The first-order valence-corrected chi connectivity index (χ1v) is 11.2. The third-order valence-corrected chi connectivity index (χ3v) is 4.93. The molecule has 0 aromatic heterocycles. The molecule has 0 saturated heterocycles. The average molecular weight is 449 g/mol. The minimum Gasteiger partial charge on any atom is -0.494 e. The fourth-order valence-electron chi connectivity index (χ4n) is 3.27. The smallest absolute Gasteiger partial charge is 0.257 e. The van der Waals surface area contributed by atoms with E-state index in [0.717, 1.165) is 24.3 Å². The van der Waals surface area contributed by atoms with Crippen LogP contribution in [0.25, 0.3) is 10.8 Å². The van der Waals surface area contributed by atoms with Gasteiger partial charge < -0.3 is 25.4 Å². The molecule has 3 N–H and O–H groups in total. The molecule has 0 fully saturated rings. The molecule has 7 nitrogen and oxygen atoms in total. The lowest BCUT2D eigenvalue weighted by atomic mass is 10.1. The second-order valence-corrected chi connectivity index (χ2v) is 7.45. The summed E-state index contributed by atoms with van der Waals surface area (Å²) in [5.41, 5.74) is 1.03. The molecule has 1 amide bonds. The maximum Gasteiger partial charge on any atom is 0.257 e. The molecule has 174 valence electrons. The number of benzene rings is 3. The molecule has 0 bridgehead atoms. The highest BCUT2D eigenvalue weighted by molar-refractivity contribution is 5.83. The van der Waals surface area contributed by atoms with E-state index in [4.69, 9.17) is 9.47 Å². The number of fused-ring (bicyclic) bond motifs is 1. The molecule has 0 unspecified atom stereocenters. The van der Waals surface area contributed by atoms with Crippen molar-refractivity contribution in [3.8, 4) is 11.5 Å². The number of carbonyl (C=O) groups excluding carboxylic acids is 1. The molecule has 0 heterocycles.